The molecule has 0 aliphatic heterocycles. The van der Waals surface area contributed by atoms with Gasteiger partial charge in [-0.25, -0.2) is 4.39 Å². The molecule has 2 aromatic rings. The molecule has 1 heterocycles. The summed E-state index contributed by atoms with van der Waals surface area (Å²) >= 11 is 8.58. The molecule has 1 aromatic carbocycles. The number of thioether (sulfide) groups is 1. The van der Waals surface area contributed by atoms with Crippen LogP contribution in [0.4, 0.5) is 4.39 Å². The molecule has 0 aliphatic rings. The molecule has 0 bridgehead atoms. The predicted octanol–water partition coefficient (Wildman–Crippen LogP) is 4.52. The molecule has 0 N–H and O–H groups in total. The van der Waals surface area contributed by atoms with Gasteiger partial charge in [0, 0.05) is 4.90 Å². The van der Waals surface area contributed by atoms with E-state index < -0.39 is 0 Å². The maximum atomic E-state index is 12.7. The lowest BCUT2D eigenvalue weighted by molar-refractivity contribution is 0.102. The number of ketones is 1. The largest absolute Gasteiger partial charge is 0.292 e. The summed E-state index contributed by atoms with van der Waals surface area (Å²) in [7, 11) is 0. The van der Waals surface area contributed by atoms with Crippen molar-refractivity contribution >= 4 is 40.5 Å². The molecular weight excluding hydrogens is 279 g/mol. The monoisotopic (exact) mass is 286 g/mol. The molecule has 0 unspecified atom stereocenters. The third-order valence-electron chi connectivity index (χ3n) is 2.05. The lowest BCUT2D eigenvalue weighted by Crippen LogP contribution is -1.99. The van der Waals surface area contributed by atoms with Crippen LogP contribution in [-0.4, -0.2) is 11.5 Å². The summed E-state index contributed by atoms with van der Waals surface area (Å²) < 4.78 is 12.7. The number of benzene rings is 1. The van der Waals surface area contributed by atoms with E-state index >= 15 is 0 Å². The highest BCUT2D eigenvalue weighted by atomic mass is 35.5. The third-order valence-corrected chi connectivity index (χ3v) is 4.45. The van der Waals surface area contributed by atoms with E-state index in [4.69, 9.17) is 11.6 Å². The van der Waals surface area contributed by atoms with Gasteiger partial charge < -0.3 is 0 Å². The van der Waals surface area contributed by atoms with E-state index in [-0.39, 0.29) is 11.6 Å². The summed E-state index contributed by atoms with van der Waals surface area (Å²) in [5, 5.41) is 2.29. The van der Waals surface area contributed by atoms with Crippen molar-refractivity contribution in [3.05, 3.63) is 51.4 Å². The number of Topliss-reactive ketones (excluding diaryl/α,β-unsaturated/α-hetero) is 1. The molecule has 5 heteroatoms. The molecule has 0 radical (unpaired) electrons. The highest BCUT2D eigenvalue weighted by molar-refractivity contribution is 8.00. The lowest BCUT2D eigenvalue weighted by atomic mass is 10.3. The Morgan fingerprint density at radius 3 is 2.59 bits per heavy atom. The van der Waals surface area contributed by atoms with Gasteiger partial charge in [-0.05, 0) is 35.7 Å². The summed E-state index contributed by atoms with van der Waals surface area (Å²) in [4.78, 5) is 13.3. The van der Waals surface area contributed by atoms with E-state index in [9.17, 15) is 9.18 Å². The zero-order chi connectivity index (χ0) is 12.3. The molecule has 0 atom stereocenters. The van der Waals surface area contributed by atoms with E-state index in [0.717, 1.165) is 4.90 Å². The van der Waals surface area contributed by atoms with Crippen LogP contribution in [0.3, 0.4) is 0 Å². The van der Waals surface area contributed by atoms with Crippen LogP contribution < -0.4 is 0 Å². The van der Waals surface area contributed by atoms with Crippen molar-refractivity contribution in [3.8, 4) is 0 Å². The molecule has 0 saturated carbocycles. The average molecular weight is 287 g/mol. The first-order valence-corrected chi connectivity index (χ1v) is 7.05. The van der Waals surface area contributed by atoms with Crippen LogP contribution in [0.15, 0.2) is 40.6 Å². The molecule has 1 nitrogen and oxygen atoms in total. The third kappa shape index (κ3) is 3.31. The molecular formula is C12H8ClFOS2. The van der Waals surface area contributed by atoms with Gasteiger partial charge in [-0.3, -0.25) is 4.79 Å². The van der Waals surface area contributed by atoms with Crippen molar-refractivity contribution in [2.75, 3.05) is 5.75 Å². The van der Waals surface area contributed by atoms with Crippen LogP contribution in [-0.2, 0) is 0 Å². The Hall–Kier alpha value is -0.840. The fraction of sp³-hybridized carbons (Fsp3) is 0.0833. The molecule has 0 fully saturated rings. The minimum Gasteiger partial charge on any atom is -0.292 e. The van der Waals surface area contributed by atoms with Crippen molar-refractivity contribution < 1.29 is 9.18 Å². The molecule has 0 spiro atoms. The summed E-state index contributed by atoms with van der Waals surface area (Å²) in [6.45, 7) is 0. The van der Waals surface area contributed by atoms with Gasteiger partial charge in [0.2, 0.25) is 0 Å². The average Bonchev–Trinajstić information content (AvgIpc) is 2.74. The summed E-state index contributed by atoms with van der Waals surface area (Å²) in [5.41, 5.74) is 0. The zero-order valence-corrected chi connectivity index (χ0v) is 11.0. The van der Waals surface area contributed by atoms with Crippen LogP contribution in [0.2, 0.25) is 5.02 Å². The second kappa shape index (κ2) is 5.67. The van der Waals surface area contributed by atoms with E-state index in [1.54, 1.807) is 23.6 Å². The summed E-state index contributed by atoms with van der Waals surface area (Å²) in [5.74, 6) is 0.0348. The minimum absolute atomic E-state index is 0.000625. The molecule has 2 rings (SSSR count). The first kappa shape index (κ1) is 12.6. The summed E-state index contributed by atoms with van der Waals surface area (Å²) in [6.07, 6.45) is 0. The smallest absolute Gasteiger partial charge is 0.184 e. The van der Waals surface area contributed by atoms with Crippen molar-refractivity contribution in [2.45, 2.75) is 4.90 Å². The summed E-state index contributed by atoms with van der Waals surface area (Å²) in [6, 6.07) is 7.78. The van der Waals surface area contributed by atoms with Gasteiger partial charge in [0.15, 0.2) is 5.78 Å². The Bertz CT molecular complexity index is 522. The number of carbonyl (C=O) groups is 1. The second-order valence-corrected chi connectivity index (χ2v) is 5.64. The quantitative estimate of drug-likeness (QED) is 0.607. The Balaban J connectivity index is 1.97. The predicted molar refractivity (Wildman–Crippen MR) is 70.8 cm³/mol. The molecule has 0 saturated heterocycles. The highest BCUT2D eigenvalue weighted by Gasteiger charge is 2.12. The van der Waals surface area contributed by atoms with Gasteiger partial charge in [0.1, 0.15) is 5.82 Å². The van der Waals surface area contributed by atoms with Gasteiger partial charge in [-0.1, -0.05) is 11.6 Å². The standard InChI is InChI=1S/C12H8ClFOS2/c13-10-5-6-16-12(10)11(15)7-17-9-3-1-8(14)2-4-9/h1-6H,7H2. The van der Waals surface area contributed by atoms with Gasteiger partial charge >= 0.3 is 0 Å². The SMILES string of the molecule is O=C(CSc1ccc(F)cc1)c1sccc1Cl. The van der Waals surface area contributed by atoms with Crippen molar-refractivity contribution in [1.82, 2.24) is 0 Å². The van der Waals surface area contributed by atoms with Crippen LogP contribution in [0.5, 0.6) is 0 Å². The van der Waals surface area contributed by atoms with Crippen molar-refractivity contribution in [2.24, 2.45) is 0 Å². The van der Waals surface area contributed by atoms with Crippen molar-refractivity contribution in [1.29, 1.82) is 0 Å². The second-order valence-electron chi connectivity index (χ2n) is 3.26. The normalized spacial score (nSPS) is 10.5. The van der Waals surface area contributed by atoms with Crippen LogP contribution in [0.1, 0.15) is 9.67 Å². The van der Waals surface area contributed by atoms with E-state index in [1.807, 2.05) is 0 Å². The maximum absolute atomic E-state index is 12.7. The van der Waals surface area contributed by atoms with Crippen LogP contribution >= 0.6 is 34.7 Å². The Kier molecular flexibility index (Phi) is 4.20. The minimum atomic E-state index is -0.276. The van der Waals surface area contributed by atoms with Gasteiger partial charge in [0.05, 0.1) is 15.7 Å². The van der Waals surface area contributed by atoms with Crippen LogP contribution in [0, 0.1) is 5.82 Å². The van der Waals surface area contributed by atoms with Gasteiger partial charge in [-0.15, -0.1) is 23.1 Å². The molecule has 17 heavy (non-hydrogen) atoms. The van der Waals surface area contributed by atoms with Gasteiger partial charge in [0.25, 0.3) is 0 Å². The highest BCUT2D eigenvalue weighted by Crippen LogP contribution is 2.26. The zero-order valence-electron chi connectivity index (χ0n) is 8.65. The fourth-order valence-electron chi connectivity index (χ4n) is 1.24. The van der Waals surface area contributed by atoms with Crippen LogP contribution in [0.25, 0.3) is 0 Å². The van der Waals surface area contributed by atoms with Gasteiger partial charge in [-0.2, -0.15) is 0 Å². The Morgan fingerprint density at radius 1 is 1.29 bits per heavy atom. The molecule has 1 aromatic heterocycles. The van der Waals surface area contributed by atoms with E-state index in [0.29, 0.717) is 15.7 Å². The molecule has 88 valence electrons. The number of rotatable bonds is 4. The maximum Gasteiger partial charge on any atom is 0.184 e. The number of thiophene rings is 1. The Labute approximate surface area is 112 Å². The Morgan fingerprint density at radius 2 is 2.00 bits per heavy atom. The van der Waals surface area contributed by atoms with Crippen molar-refractivity contribution in [3.63, 3.8) is 0 Å². The lowest BCUT2D eigenvalue weighted by Gasteiger charge is -2.00. The topological polar surface area (TPSA) is 17.1 Å². The first-order chi connectivity index (χ1) is 8.16. The number of carbonyl (C=O) groups excluding carboxylic acids is 1. The molecule has 0 amide bonds. The van der Waals surface area contributed by atoms with E-state index in [1.165, 1.54) is 35.2 Å². The number of hydrogen-bond donors (Lipinski definition) is 0. The molecule has 0 aliphatic carbocycles. The fourth-order valence-corrected chi connectivity index (χ4v) is 3.20. The first-order valence-electron chi connectivity index (χ1n) is 4.81. The van der Waals surface area contributed by atoms with E-state index in [2.05, 4.69) is 0 Å². The number of halogens is 2. The number of hydrogen-bond acceptors (Lipinski definition) is 3.